The molecule has 1 atom stereocenters. The largest absolute Gasteiger partial charge is 0.353 e. The van der Waals surface area contributed by atoms with Crippen molar-refractivity contribution in [2.75, 3.05) is 13.2 Å². The van der Waals surface area contributed by atoms with Crippen LogP contribution in [0, 0.1) is 5.41 Å². The molecule has 0 spiro atoms. The molecule has 0 aromatic carbocycles. The minimum atomic E-state index is 0.0868. The third-order valence-electron chi connectivity index (χ3n) is 2.51. The van der Waals surface area contributed by atoms with Crippen molar-refractivity contribution >= 4 is 0 Å². The molecule has 1 rings (SSSR count). The number of ether oxygens (including phenoxy) is 2. The lowest BCUT2D eigenvalue weighted by Crippen LogP contribution is -2.23. The Morgan fingerprint density at radius 3 is 2.64 bits per heavy atom. The zero-order valence-electron chi connectivity index (χ0n) is 9.84. The summed E-state index contributed by atoms with van der Waals surface area (Å²) in [6.07, 6.45) is 5.98. The Balaban J connectivity index is 1.97. The fourth-order valence-electron chi connectivity index (χ4n) is 1.66. The van der Waals surface area contributed by atoms with Crippen LogP contribution in [-0.2, 0) is 9.47 Å². The molecule has 1 heterocycles. The molecule has 0 amide bonds. The molecule has 1 fully saturated rings. The topological polar surface area (TPSA) is 18.5 Å². The van der Waals surface area contributed by atoms with Crippen molar-refractivity contribution in [1.82, 2.24) is 0 Å². The Hall–Kier alpha value is -0.0800. The van der Waals surface area contributed by atoms with Gasteiger partial charge in [0.15, 0.2) is 6.29 Å². The summed E-state index contributed by atoms with van der Waals surface area (Å²) in [7, 11) is 0. The van der Waals surface area contributed by atoms with Gasteiger partial charge in [-0.1, -0.05) is 20.8 Å². The molecule has 2 heteroatoms. The van der Waals surface area contributed by atoms with Crippen LogP contribution in [0.3, 0.4) is 0 Å². The third kappa shape index (κ3) is 5.61. The molecular weight excluding hydrogens is 176 g/mol. The van der Waals surface area contributed by atoms with E-state index in [0.29, 0.717) is 5.41 Å². The predicted octanol–water partition coefficient (Wildman–Crippen LogP) is 3.36. The van der Waals surface area contributed by atoms with Gasteiger partial charge in [-0.3, -0.25) is 0 Å². The fourth-order valence-corrected chi connectivity index (χ4v) is 1.66. The molecule has 14 heavy (non-hydrogen) atoms. The zero-order valence-corrected chi connectivity index (χ0v) is 9.84. The van der Waals surface area contributed by atoms with E-state index in [-0.39, 0.29) is 6.29 Å². The van der Waals surface area contributed by atoms with Gasteiger partial charge in [-0.25, -0.2) is 0 Å². The van der Waals surface area contributed by atoms with Crippen molar-refractivity contribution < 1.29 is 9.47 Å². The predicted molar refractivity (Wildman–Crippen MR) is 58.2 cm³/mol. The van der Waals surface area contributed by atoms with Crippen molar-refractivity contribution in [2.45, 2.75) is 59.2 Å². The molecule has 1 aliphatic heterocycles. The molecular formula is C12H24O2. The van der Waals surface area contributed by atoms with Gasteiger partial charge in [0.2, 0.25) is 0 Å². The van der Waals surface area contributed by atoms with E-state index in [1.54, 1.807) is 0 Å². The second kappa shape index (κ2) is 5.72. The molecule has 0 saturated carbocycles. The van der Waals surface area contributed by atoms with Crippen molar-refractivity contribution in [3.63, 3.8) is 0 Å². The van der Waals surface area contributed by atoms with Crippen LogP contribution in [0.2, 0.25) is 0 Å². The van der Waals surface area contributed by atoms with E-state index in [0.717, 1.165) is 26.1 Å². The van der Waals surface area contributed by atoms with Gasteiger partial charge in [-0.2, -0.15) is 0 Å². The molecule has 0 radical (unpaired) electrons. The zero-order chi connectivity index (χ0) is 10.4. The smallest absolute Gasteiger partial charge is 0.157 e. The van der Waals surface area contributed by atoms with Crippen LogP contribution in [0.5, 0.6) is 0 Å². The van der Waals surface area contributed by atoms with Crippen LogP contribution >= 0.6 is 0 Å². The highest BCUT2D eigenvalue weighted by molar-refractivity contribution is 4.61. The molecule has 0 aromatic rings. The third-order valence-corrected chi connectivity index (χ3v) is 2.51. The minimum absolute atomic E-state index is 0.0868. The first kappa shape index (κ1) is 12.0. The summed E-state index contributed by atoms with van der Waals surface area (Å²) in [4.78, 5) is 0. The number of hydrogen-bond acceptors (Lipinski definition) is 2. The molecule has 0 bridgehead atoms. The first-order valence-corrected chi connectivity index (χ1v) is 5.81. The summed E-state index contributed by atoms with van der Waals surface area (Å²) in [5.74, 6) is 0. The fraction of sp³-hybridized carbons (Fsp3) is 1.00. The molecule has 0 aliphatic carbocycles. The molecule has 1 aliphatic rings. The Kier molecular flexibility index (Phi) is 4.90. The van der Waals surface area contributed by atoms with Crippen LogP contribution in [0.1, 0.15) is 52.9 Å². The number of rotatable bonds is 4. The summed E-state index contributed by atoms with van der Waals surface area (Å²) in [5, 5.41) is 0. The maximum absolute atomic E-state index is 5.66. The van der Waals surface area contributed by atoms with Gasteiger partial charge < -0.3 is 9.47 Å². The van der Waals surface area contributed by atoms with Gasteiger partial charge in [0.25, 0.3) is 0 Å². The Morgan fingerprint density at radius 2 is 2.07 bits per heavy atom. The van der Waals surface area contributed by atoms with E-state index in [4.69, 9.17) is 9.47 Å². The van der Waals surface area contributed by atoms with Crippen LogP contribution in [0.25, 0.3) is 0 Å². The molecule has 0 aromatic heterocycles. The molecule has 1 unspecified atom stereocenters. The second-order valence-corrected chi connectivity index (χ2v) is 5.33. The molecule has 0 N–H and O–H groups in total. The molecule has 84 valence electrons. The highest BCUT2D eigenvalue weighted by atomic mass is 16.7. The van der Waals surface area contributed by atoms with E-state index in [1.807, 2.05) is 0 Å². The van der Waals surface area contributed by atoms with Crippen molar-refractivity contribution in [1.29, 1.82) is 0 Å². The molecule has 1 saturated heterocycles. The average molecular weight is 200 g/mol. The van der Waals surface area contributed by atoms with Crippen LogP contribution in [-0.4, -0.2) is 19.5 Å². The van der Waals surface area contributed by atoms with Crippen molar-refractivity contribution in [3.8, 4) is 0 Å². The van der Waals surface area contributed by atoms with Crippen molar-refractivity contribution in [3.05, 3.63) is 0 Å². The maximum atomic E-state index is 5.66. The first-order chi connectivity index (χ1) is 6.58. The lowest BCUT2D eigenvalue weighted by atomic mass is 9.91. The van der Waals surface area contributed by atoms with Crippen LogP contribution < -0.4 is 0 Å². The Labute approximate surface area is 88.0 Å². The highest BCUT2D eigenvalue weighted by Crippen LogP contribution is 2.21. The summed E-state index contributed by atoms with van der Waals surface area (Å²) in [6, 6.07) is 0. The Morgan fingerprint density at radius 1 is 1.29 bits per heavy atom. The van der Waals surface area contributed by atoms with Gasteiger partial charge in [0.1, 0.15) is 0 Å². The summed E-state index contributed by atoms with van der Waals surface area (Å²) in [5.41, 5.74) is 0.427. The lowest BCUT2D eigenvalue weighted by molar-refractivity contribution is -0.163. The van der Waals surface area contributed by atoms with Crippen LogP contribution in [0.4, 0.5) is 0 Å². The summed E-state index contributed by atoms with van der Waals surface area (Å²) >= 11 is 0. The molecule has 2 nitrogen and oxygen atoms in total. The van der Waals surface area contributed by atoms with E-state index < -0.39 is 0 Å². The number of hydrogen-bond donors (Lipinski definition) is 0. The maximum Gasteiger partial charge on any atom is 0.157 e. The average Bonchev–Trinajstić information content (AvgIpc) is 2.13. The summed E-state index contributed by atoms with van der Waals surface area (Å²) < 4.78 is 11.1. The van der Waals surface area contributed by atoms with E-state index in [2.05, 4.69) is 20.8 Å². The van der Waals surface area contributed by atoms with Gasteiger partial charge in [0.05, 0.1) is 0 Å². The van der Waals surface area contributed by atoms with Gasteiger partial charge in [-0.05, 0) is 37.5 Å². The lowest BCUT2D eigenvalue weighted by Gasteiger charge is -2.23. The highest BCUT2D eigenvalue weighted by Gasteiger charge is 2.14. The summed E-state index contributed by atoms with van der Waals surface area (Å²) in [6.45, 7) is 8.53. The van der Waals surface area contributed by atoms with Gasteiger partial charge in [-0.15, -0.1) is 0 Å². The van der Waals surface area contributed by atoms with E-state index in [9.17, 15) is 0 Å². The standard InChI is InChI=1S/C12H24O2/c1-12(2,3)8-6-10-14-11-7-4-5-9-13-11/h11H,4-10H2,1-3H3. The quantitative estimate of drug-likeness (QED) is 0.648. The monoisotopic (exact) mass is 200 g/mol. The van der Waals surface area contributed by atoms with E-state index >= 15 is 0 Å². The van der Waals surface area contributed by atoms with E-state index in [1.165, 1.54) is 19.3 Å². The van der Waals surface area contributed by atoms with Crippen molar-refractivity contribution in [2.24, 2.45) is 5.41 Å². The van der Waals surface area contributed by atoms with Gasteiger partial charge >= 0.3 is 0 Å². The minimum Gasteiger partial charge on any atom is -0.353 e. The first-order valence-electron chi connectivity index (χ1n) is 5.81. The van der Waals surface area contributed by atoms with Crippen LogP contribution in [0.15, 0.2) is 0 Å². The second-order valence-electron chi connectivity index (χ2n) is 5.33. The Bertz CT molecular complexity index is 143. The van der Waals surface area contributed by atoms with Gasteiger partial charge in [0, 0.05) is 13.2 Å². The SMILES string of the molecule is CC(C)(C)CCCOC1CCCCO1. The normalized spacial score (nSPS) is 23.8.